The second-order valence-electron chi connectivity index (χ2n) is 6.54. The third kappa shape index (κ3) is 5.53. The second-order valence-corrected chi connectivity index (χ2v) is 6.54. The quantitative estimate of drug-likeness (QED) is 0.296. The van der Waals surface area contributed by atoms with Crippen molar-refractivity contribution < 1.29 is 19.4 Å². The lowest BCUT2D eigenvalue weighted by Crippen LogP contribution is -2.52. The number of nitrogens with two attached hydrogens (primary N) is 2. The molecule has 1 heterocycles. The summed E-state index contributed by atoms with van der Waals surface area (Å²) in [4.78, 5) is 27.6. The number of aliphatic hydroxyl groups excluding tert-OH is 1. The molecule has 8 nitrogen and oxygen atoms in total. The first-order valence-electron chi connectivity index (χ1n) is 9.04. The summed E-state index contributed by atoms with van der Waals surface area (Å²) in [5.74, 6) is -1.27. The van der Waals surface area contributed by atoms with Gasteiger partial charge in [0, 0.05) is 29.6 Å². The Hall–Kier alpha value is -2.42. The van der Waals surface area contributed by atoms with Crippen LogP contribution in [0.4, 0.5) is 0 Å². The summed E-state index contributed by atoms with van der Waals surface area (Å²) in [5.41, 5.74) is 13.1. The fourth-order valence-corrected chi connectivity index (χ4v) is 2.99. The molecule has 0 aliphatic rings. The van der Waals surface area contributed by atoms with Gasteiger partial charge in [0.05, 0.1) is 7.11 Å². The summed E-state index contributed by atoms with van der Waals surface area (Å²) in [6, 6.07) is 6.02. The summed E-state index contributed by atoms with van der Waals surface area (Å²) >= 11 is 0. The summed E-state index contributed by atoms with van der Waals surface area (Å²) < 4.78 is 4.80. The summed E-state index contributed by atoms with van der Waals surface area (Å²) in [6.07, 6.45) is 2.58. The zero-order valence-electron chi connectivity index (χ0n) is 15.5. The molecule has 27 heavy (non-hydrogen) atoms. The number of ether oxygens (including phenoxy) is 1. The van der Waals surface area contributed by atoms with Crippen molar-refractivity contribution >= 4 is 22.8 Å². The van der Waals surface area contributed by atoms with Gasteiger partial charge in [0.25, 0.3) is 5.91 Å². The third-order valence-electron chi connectivity index (χ3n) is 4.57. The number of para-hydroxylation sites is 1. The zero-order chi connectivity index (χ0) is 19.8. The number of hydrogen-bond donors (Lipinski definition) is 5. The van der Waals surface area contributed by atoms with Crippen molar-refractivity contribution in [2.24, 2.45) is 11.5 Å². The number of carbonyl (C=O) groups excluding carboxylic acids is 2. The normalized spacial score (nSPS) is 14.5. The monoisotopic (exact) mass is 376 g/mol. The van der Waals surface area contributed by atoms with Crippen molar-refractivity contribution in [1.82, 2.24) is 10.3 Å². The number of benzene rings is 1. The Kier molecular flexibility index (Phi) is 7.78. The maximum Gasteiger partial charge on any atom is 0.328 e. The van der Waals surface area contributed by atoms with Crippen molar-refractivity contribution in [2.75, 3.05) is 13.7 Å². The molecule has 2 aromatic rings. The minimum atomic E-state index is -1.40. The Morgan fingerprint density at radius 1 is 1.30 bits per heavy atom. The molecule has 0 aliphatic carbocycles. The van der Waals surface area contributed by atoms with Gasteiger partial charge in [-0.1, -0.05) is 24.6 Å². The average molecular weight is 376 g/mol. The molecule has 3 atom stereocenters. The topological polar surface area (TPSA) is 143 Å². The van der Waals surface area contributed by atoms with E-state index in [1.165, 1.54) is 7.11 Å². The molecule has 0 spiro atoms. The zero-order valence-corrected chi connectivity index (χ0v) is 15.5. The van der Waals surface area contributed by atoms with Crippen LogP contribution in [-0.4, -0.2) is 53.8 Å². The average Bonchev–Trinajstić information content (AvgIpc) is 3.09. The predicted molar refractivity (Wildman–Crippen MR) is 103 cm³/mol. The number of hydrogen-bond acceptors (Lipinski definition) is 6. The van der Waals surface area contributed by atoms with Crippen molar-refractivity contribution in [1.29, 1.82) is 0 Å². The highest BCUT2D eigenvalue weighted by Gasteiger charge is 2.29. The van der Waals surface area contributed by atoms with Gasteiger partial charge in [-0.15, -0.1) is 0 Å². The fourth-order valence-electron chi connectivity index (χ4n) is 2.99. The van der Waals surface area contributed by atoms with E-state index in [1.807, 2.05) is 24.3 Å². The molecular weight excluding hydrogens is 348 g/mol. The number of nitrogens with one attached hydrogen (secondary N) is 2. The van der Waals surface area contributed by atoms with Crippen LogP contribution in [0.1, 0.15) is 24.8 Å². The molecule has 0 fully saturated rings. The van der Waals surface area contributed by atoms with Crippen LogP contribution in [0.3, 0.4) is 0 Å². The molecule has 0 saturated carbocycles. The van der Waals surface area contributed by atoms with Crippen molar-refractivity contribution in [3.8, 4) is 0 Å². The molecule has 8 heteroatoms. The van der Waals surface area contributed by atoms with Crippen LogP contribution in [0.15, 0.2) is 30.5 Å². The molecule has 148 valence electrons. The van der Waals surface area contributed by atoms with E-state index < -0.39 is 30.1 Å². The highest BCUT2D eigenvalue weighted by atomic mass is 16.5. The van der Waals surface area contributed by atoms with Crippen molar-refractivity contribution in [3.63, 3.8) is 0 Å². The number of H-pyrrole nitrogens is 1. The lowest BCUT2D eigenvalue weighted by atomic mass is 10.0. The van der Waals surface area contributed by atoms with Gasteiger partial charge < -0.3 is 31.6 Å². The molecule has 0 saturated heterocycles. The van der Waals surface area contributed by atoms with E-state index in [0.29, 0.717) is 13.0 Å². The summed E-state index contributed by atoms with van der Waals surface area (Å²) in [5, 5.41) is 13.7. The smallest absolute Gasteiger partial charge is 0.328 e. The SMILES string of the molecule is COC(=O)[C@H](Cc1c[nH]c2ccccc12)NC(=O)[C@@H](O)[C@@H](N)CCCCN. The number of aliphatic hydroxyl groups is 1. The number of unbranched alkanes of at least 4 members (excludes halogenated alkanes) is 1. The maximum absolute atomic E-state index is 12.4. The highest BCUT2D eigenvalue weighted by molar-refractivity contribution is 5.89. The molecule has 1 amide bonds. The van der Waals surface area contributed by atoms with Gasteiger partial charge in [-0.25, -0.2) is 4.79 Å². The Morgan fingerprint density at radius 2 is 2.04 bits per heavy atom. The third-order valence-corrected chi connectivity index (χ3v) is 4.57. The van der Waals surface area contributed by atoms with E-state index in [9.17, 15) is 14.7 Å². The van der Waals surface area contributed by atoms with E-state index in [0.717, 1.165) is 29.3 Å². The molecule has 0 unspecified atom stereocenters. The minimum absolute atomic E-state index is 0.234. The molecule has 0 radical (unpaired) electrons. The van der Waals surface area contributed by atoms with E-state index in [-0.39, 0.29) is 6.42 Å². The Bertz CT molecular complexity index is 761. The molecular formula is C19H28N4O4. The van der Waals surface area contributed by atoms with Gasteiger partial charge >= 0.3 is 5.97 Å². The molecule has 1 aromatic heterocycles. The number of amides is 1. The van der Waals surface area contributed by atoms with Gasteiger partial charge in [-0.2, -0.15) is 0 Å². The van der Waals surface area contributed by atoms with E-state index >= 15 is 0 Å². The molecule has 1 aromatic carbocycles. The Labute approximate surface area is 158 Å². The largest absolute Gasteiger partial charge is 0.467 e. The maximum atomic E-state index is 12.4. The number of fused-ring (bicyclic) bond motifs is 1. The molecule has 0 aliphatic heterocycles. The predicted octanol–water partition coefficient (Wildman–Crippen LogP) is 0.185. The van der Waals surface area contributed by atoms with Gasteiger partial charge in [0.1, 0.15) is 12.1 Å². The number of rotatable bonds is 10. The lowest BCUT2D eigenvalue weighted by Gasteiger charge is -2.22. The van der Waals surface area contributed by atoms with Crippen LogP contribution in [0.25, 0.3) is 10.9 Å². The van der Waals surface area contributed by atoms with Crippen LogP contribution < -0.4 is 16.8 Å². The van der Waals surface area contributed by atoms with Crippen LogP contribution >= 0.6 is 0 Å². The van der Waals surface area contributed by atoms with E-state index in [4.69, 9.17) is 16.2 Å². The second kappa shape index (κ2) is 10.1. The van der Waals surface area contributed by atoms with Crippen molar-refractivity contribution in [2.45, 2.75) is 43.9 Å². The standard InChI is InChI=1S/C19H28N4O4/c1-27-19(26)16(10-12-11-22-15-8-3-2-6-13(12)15)23-18(25)17(24)14(21)7-4-5-9-20/h2-3,6,8,11,14,16-17,22,24H,4-5,7,9-10,20-21H2,1H3,(H,23,25)/t14-,16-,17-/m0/s1. The fraction of sp³-hybridized carbons (Fsp3) is 0.474. The number of aromatic nitrogens is 1. The van der Waals surface area contributed by atoms with Gasteiger partial charge in [-0.05, 0) is 31.0 Å². The Balaban J connectivity index is 2.05. The first-order chi connectivity index (χ1) is 13.0. The summed E-state index contributed by atoms with van der Waals surface area (Å²) in [7, 11) is 1.26. The van der Waals surface area contributed by atoms with Crippen LogP contribution in [-0.2, 0) is 20.7 Å². The summed E-state index contributed by atoms with van der Waals surface area (Å²) in [6.45, 7) is 0.532. The Morgan fingerprint density at radius 3 is 2.74 bits per heavy atom. The van der Waals surface area contributed by atoms with E-state index in [2.05, 4.69) is 10.3 Å². The van der Waals surface area contributed by atoms with Crippen LogP contribution in [0.5, 0.6) is 0 Å². The number of carbonyl (C=O) groups is 2. The van der Waals surface area contributed by atoms with Crippen molar-refractivity contribution in [3.05, 3.63) is 36.0 Å². The number of esters is 1. The highest BCUT2D eigenvalue weighted by Crippen LogP contribution is 2.19. The van der Waals surface area contributed by atoms with Gasteiger partial charge in [0.15, 0.2) is 0 Å². The number of methoxy groups -OCH3 is 1. The van der Waals surface area contributed by atoms with Gasteiger partial charge in [-0.3, -0.25) is 4.79 Å². The number of aromatic amines is 1. The first kappa shape index (κ1) is 20.9. The molecule has 7 N–H and O–H groups in total. The minimum Gasteiger partial charge on any atom is -0.467 e. The molecule has 0 bridgehead atoms. The van der Waals surface area contributed by atoms with Crippen LogP contribution in [0, 0.1) is 0 Å². The first-order valence-corrected chi connectivity index (χ1v) is 9.04. The van der Waals surface area contributed by atoms with E-state index in [1.54, 1.807) is 6.20 Å². The lowest BCUT2D eigenvalue weighted by molar-refractivity contribution is -0.146. The molecule has 2 rings (SSSR count). The van der Waals surface area contributed by atoms with Gasteiger partial charge in [0.2, 0.25) is 0 Å². The van der Waals surface area contributed by atoms with Crippen LogP contribution in [0.2, 0.25) is 0 Å².